The third-order valence-corrected chi connectivity index (χ3v) is 4.35. The number of ether oxygens (including phenoxy) is 3. The lowest BCUT2D eigenvalue weighted by atomic mass is 10.1. The maximum atomic E-state index is 13.8. The second-order valence-corrected chi connectivity index (χ2v) is 6.96. The Morgan fingerprint density at radius 2 is 1.77 bits per heavy atom. The first kappa shape index (κ1) is 23.8. The predicted molar refractivity (Wildman–Crippen MR) is 105 cm³/mol. The Labute approximate surface area is 179 Å². The van der Waals surface area contributed by atoms with Crippen LogP contribution in [0.3, 0.4) is 0 Å². The van der Waals surface area contributed by atoms with Crippen molar-refractivity contribution in [3.63, 3.8) is 0 Å². The number of piperidine rings is 1. The van der Waals surface area contributed by atoms with E-state index in [-0.39, 0.29) is 36.1 Å². The van der Waals surface area contributed by atoms with Gasteiger partial charge in [-0.2, -0.15) is 9.59 Å². The van der Waals surface area contributed by atoms with Crippen LogP contribution in [-0.2, 0) is 14.3 Å². The van der Waals surface area contributed by atoms with Crippen LogP contribution in [0.5, 0.6) is 17.5 Å². The quantitative estimate of drug-likeness (QED) is 0.705. The Hall–Kier alpha value is -3.52. The molecule has 0 spiro atoms. The number of nitrogens with zero attached hydrogens (tertiary/aromatic N) is 3. The highest BCUT2D eigenvalue weighted by Gasteiger charge is 2.26. The fraction of sp³-hybridized carbons (Fsp3) is 0.429. The zero-order valence-corrected chi connectivity index (χ0v) is 17.5. The molecule has 31 heavy (non-hydrogen) atoms. The molecular formula is C21H24FN3O6. The third-order valence-electron chi connectivity index (χ3n) is 4.35. The number of likely N-dealkylation sites (tertiary alicyclic amines) is 1. The number of hydrogen-bond acceptors (Lipinski definition) is 8. The Balaban J connectivity index is 0.00000107. The van der Waals surface area contributed by atoms with E-state index in [1.54, 1.807) is 24.0 Å². The first-order valence-electron chi connectivity index (χ1n) is 9.71. The molecule has 1 aromatic heterocycles. The molecule has 0 N–H and O–H groups in total. The molecule has 3 rings (SSSR count). The normalized spacial score (nSPS) is 13.6. The SMILES string of the molecule is Cc1c(Oc2ccccc2F)ncnc1OC1CCN(C(=O)OC(C)C)CC1.O=C=O. The molecule has 1 amide bonds. The van der Waals surface area contributed by atoms with Gasteiger partial charge in [0.25, 0.3) is 0 Å². The molecule has 10 heteroatoms. The number of carbonyl (C=O) groups excluding carboxylic acids is 3. The van der Waals surface area contributed by atoms with Gasteiger partial charge in [-0.3, -0.25) is 0 Å². The minimum atomic E-state index is -0.469. The van der Waals surface area contributed by atoms with Crippen molar-refractivity contribution >= 4 is 12.2 Å². The minimum Gasteiger partial charge on any atom is -0.474 e. The van der Waals surface area contributed by atoms with E-state index < -0.39 is 5.82 Å². The minimum absolute atomic E-state index is 0.0852. The van der Waals surface area contributed by atoms with E-state index in [1.807, 2.05) is 13.8 Å². The lowest BCUT2D eigenvalue weighted by Gasteiger charge is -2.31. The maximum absolute atomic E-state index is 13.8. The largest absolute Gasteiger partial charge is 0.474 e. The Morgan fingerprint density at radius 1 is 1.16 bits per heavy atom. The van der Waals surface area contributed by atoms with Crippen LogP contribution in [-0.4, -0.2) is 52.4 Å². The number of aromatic nitrogens is 2. The summed E-state index contributed by atoms with van der Waals surface area (Å²) in [5.41, 5.74) is 0.590. The van der Waals surface area contributed by atoms with Gasteiger partial charge in [0.2, 0.25) is 11.8 Å². The van der Waals surface area contributed by atoms with E-state index in [0.29, 0.717) is 37.4 Å². The van der Waals surface area contributed by atoms with Gasteiger partial charge in [-0.05, 0) is 32.9 Å². The van der Waals surface area contributed by atoms with Gasteiger partial charge in [0, 0.05) is 25.9 Å². The monoisotopic (exact) mass is 433 g/mol. The van der Waals surface area contributed by atoms with Crippen molar-refractivity contribution in [2.45, 2.75) is 45.8 Å². The lowest BCUT2D eigenvalue weighted by Crippen LogP contribution is -2.42. The number of para-hydroxylation sites is 1. The summed E-state index contributed by atoms with van der Waals surface area (Å²) in [5, 5.41) is 0. The standard InChI is InChI=1S/C20H24FN3O4.CO2/c1-13(2)26-20(25)24-10-8-15(9-11-24)27-18-14(3)19(23-12-22-18)28-17-7-5-4-6-16(17)21;2-1-3/h4-7,12-13,15H,8-11H2,1-3H3;. The van der Waals surface area contributed by atoms with Gasteiger partial charge in [-0.1, -0.05) is 12.1 Å². The molecule has 2 aromatic rings. The molecule has 1 aromatic carbocycles. The van der Waals surface area contributed by atoms with Crippen LogP contribution in [0.2, 0.25) is 0 Å². The van der Waals surface area contributed by atoms with E-state index in [9.17, 15) is 9.18 Å². The molecule has 0 unspecified atom stereocenters. The van der Waals surface area contributed by atoms with Crippen LogP contribution in [0.15, 0.2) is 30.6 Å². The average molecular weight is 433 g/mol. The van der Waals surface area contributed by atoms with Gasteiger partial charge >= 0.3 is 12.2 Å². The predicted octanol–water partition coefficient (Wildman–Crippen LogP) is 3.52. The number of carbonyl (C=O) groups is 1. The summed E-state index contributed by atoms with van der Waals surface area (Å²) in [6, 6.07) is 6.13. The first-order chi connectivity index (χ1) is 14.8. The lowest BCUT2D eigenvalue weighted by molar-refractivity contribution is -0.191. The maximum Gasteiger partial charge on any atom is 0.410 e. The van der Waals surface area contributed by atoms with Crippen LogP contribution < -0.4 is 9.47 Å². The fourth-order valence-electron chi connectivity index (χ4n) is 2.86. The van der Waals surface area contributed by atoms with Gasteiger partial charge in [-0.25, -0.2) is 19.2 Å². The Morgan fingerprint density at radius 3 is 2.39 bits per heavy atom. The van der Waals surface area contributed by atoms with E-state index >= 15 is 0 Å². The van der Waals surface area contributed by atoms with E-state index in [4.69, 9.17) is 23.8 Å². The summed E-state index contributed by atoms with van der Waals surface area (Å²) in [6.45, 7) is 6.53. The third kappa shape index (κ3) is 7.04. The molecule has 1 saturated heterocycles. The molecule has 0 atom stereocenters. The highest BCUT2D eigenvalue weighted by Crippen LogP contribution is 2.30. The number of halogens is 1. The number of amides is 1. The van der Waals surface area contributed by atoms with Crippen molar-refractivity contribution in [1.82, 2.24) is 14.9 Å². The summed E-state index contributed by atoms with van der Waals surface area (Å²) in [7, 11) is 0. The molecule has 0 radical (unpaired) electrons. The van der Waals surface area contributed by atoms with E-state index in [1.165, 1.54) is 18.5 Å². The molecule has 0 aliphatic carbocycles. The molecule has 166 valence electrons. The van der Waals surface area contributed by atoms with Crippen molar-refractivity contribution in [2.24, 2.45) is 0 Å². The van der Waals surface area contributed by atoms with Gasteiger partial charge < -0.3 is 19.1 Å². The summed E-state index contributed by atoms with van der Waals surface area (Å²) < 4.78 is 30.6. The Kier molecular flexibility index (Phi) is 8.90. The highest BCUT2D eigenvalue weighted by molar-refractivity contribution is 5.67. The molecular weight excluding hydrogens is 409 g/mol. The van der Waals surface area contributed by atoms with Crippen LogP contribution in [0.25, 0.3) is 0 Å². The number of benzene rings is 1. The van der Waals surface area contributed by atoms with Gasteiger partial charge in [-0.15, -0.1) is 0 Å². The molecule has 1 fully saturated rings. The molecule has 0 saturated carbocycles. The second-order valence-electron chi connectivity index (χ2n) is 6.96. The summed E-state index contributed by atoms with van der Waals surface area (Å²) in [4.78, 5) is 38.2. The smallest absolute Gasteiger partial charge is 0.410 e. The van der Waals surface area contributed by atoms with Gasteiger partial charge in [0.1, 0.15) is 12.4 Å². The molecule has 1 aliphatic rings. The van der Waals surface area contributed by atoms with Gasteiger partial charge in [0.15, 0.2) is 11.6 Å². The van der Waals surface area contributed by atoms with Crippen LogP contribution in [0.4, 0.5) is 9.18 Å². The van der Waals surface area contributed by atoms with Crippen LogP contribution in [0.1, 0.15) is 32.3 Å². The highest BCUT2D eigenvalue weighted by atomic mass is 19.1. The topological polar surface area (TPSA) is 108 Å². The van der Waals surface area contributed by atoms with Crippen LogP contribution >= 0.6 is 0 Å². The number of rotatable bonds is 5. The van der Waals surface area contributed by atoms with Gasteiger partial charge in [0.05, 0.1) is 11.7 Å². The average Bonchev–Trinajstić information content (AvgIpc) is 2.73. The zero-order chi connectivity index (χ0) is 22.8. The number of hydrogen-bond donors (Lipinski definition) is 0. The second kappa shape index (κ2) is 11.6. The van der Waals surface area contributed by atoms with Crippen molar-refractivity contribution in [2.75, 3.05) is 13.1 Å². The van der Waals surface area contributed by atoms with Crippen molar-refractivity contribution in [3.8, 4) is 17.5 Å². The molecule has 1 aliphatic heterocycles. The summed E-state index contributed by atoms with van der Waals surface area (Å²) in [6.07, 6.45) is 2.39. The van der Waals surface area contributed by atoms with Crippen molar-refractivity contribution in [1.29, 1.82) is 0 Å². The van der Waals surface area contributed by atoms with Crippen LogP contribution in [0, 0.1) is 12.7 Å². The Bertz CT molecular complexity index is 910. The summed E-state index contributed by atoms with van der Waals surface area (Å²) in [5.74, 6) is 0.258. The first-order valence-corrected chi connectivity index (χ1v) is 9.71. The van der Waals surface area contributed by atoms with E-state index in [2.05, 4.69) is 9.97 Å². The van der Waals surface area contributed by atoms with E-state index in [0.717, 1.165) is 0 Å². The molecule has 0 bridgehead atoms. The van der Waals surface area contributed by atoms with Crippen molar-refractivity contribution < 1.29 is 33.0 Å². The molecule has 2 heterocycles. The molecule has 9 nitrogen and oxygen atoms in total. The fourth-order valence-corrected chi connectivity index (χ4v) is 2.86. The van der Waals surface area contributed by atoms with Crippen molar-refractivity contribution in [3.05, 3.63) is 42.0 Å². The summed E-state index contributed by atoms with van der Waals surface area (Å²) >= 11 is 0. The zero-order valence-electron chi connectivity index (χ0n) is 17.5.